The number of fused-ring (bicyclic) bond motifs is 2. The third kappa shape index (κ3) is 2.51. The number of benzene rings is 1. The first-order valence-corrected chi connectivity index (χ1v) is 7.81. The number of nitrogens with zero attached hydrogens (tertiary/aromatic N) is 1. The van der Waals surface area contributed by atoms with Crippen LogP contribution in [-0.2, 0) is 0 Å². The largest absolute Gasteiger partial charge is 0.494 e. The van der Waals surface area contributed by atoms with Crippen LogP contribution >= 0.6 is 15.9 Å². The maximum absolute atomic E-state index is 9.56. The summed E-state index contributed by atoms with van der Waals surface area (Å²) in [7, 11) is 0. The summed E-state index contributed by atoms with van der Waals surface area (Å²) in [6.07, 6.45) is 5.82. The summed E-state index contributed by atoms with van der Waals surface area (Å²) < 4.78 is 6.84. The zero-order chi connectivity index (χ0) is 13.3. The van der Waals surface area contributed by atoms with E-state index in [4.69, 9.17) is 4.74 Å². The van der Waals surface area contributed by atoms with Crippen LogP contribution in [0.1, 0.15) is 32.1 Å². The van der Waals surface area contributed by atoms with Gasteiger partial charge in [0.05, 0.1) is 18.1 Å². The molecule has 0 heterocycles. The Morgan fingerprint density at radius 2 is 2.11 bits per heavy atom. The first-order chi connectivity index (χ1) is 9.22. The molecule has 0 N–H and O–H groups in total. The molecule has 3 atom stereocenters. The standard InChI is InChI=1S/C16H18BrNO/c17-14-3-5-15(6-4-14)19-8-7-16(11-18)10-12-1-2-13(16)9-12/h3-6,12-13H,1-2,7-10H2. The monoisotopic (exact) mass is 319 g/mol. The SMILES string of the molecule is N#CC1(CCOc2ccc(Br)cc2)CC2CCC1C2. The topological polar surface area (TPSA) is 33.0 Å². The molecule has 19 heavy (non-hydrogen) atoms. The zero-order valence-corrected chi connectivity index (χ0v) is 12.5. The molecule has 0 aliphatic heterocycles. The molecule has 1 aromatic carbocycles. The molecule has 100 valence electrons. The van der Waals surface area contributed by atoms with Gasteiger partial charge in [-0.05, 0) is 55.4 Å². The second kappa shape index (κ2) is 5.17. The van der Waals surface area contributed by atoms with Crippen molar-refractivity contribution in [2.75, 3.05) is 6.61 Å². The van der Waals surface area contributed by atoms with Gasteiger partial charge in [-0.2, -0.15) is 5.26 Å². The molecule has 2 aliphatic carbocycles. The van der Waals surface area contributed by atoms with E-state index in [1.807, 2.05) is 24.3 Å². The Balaban J connectivity index is 1.57. The first-order valence-electron chi connectivity index (χ1n) is 7.01. The van der Waals surface area contributed by atoms with Crippen molar-refractivity contribution in [1.82, 2.24) is 0 Å². The quantitative estimate of drug-likeness (QED) is 0.815. The van der Waals surface area contributed by atoms with Crippen molar-refractivity contribution in [1.29, 1.82) is 5.26 Å². The molecule has 0 radical (unpaired) electrons. The molecular weight excluding hydrogens is 302 g/mol. The average Bonchev–Trinajstić information content (AvgIpc) is 3.02. The minimum atomic E-state index is -0.0989. The molecule has 3 heteroatoms. The molecule has 0 aromatic heterocycles. The van der Waals surface area contributed by atoms with E-state index in [-0.39, 0.29) is 5.41 Å². The van der Waals surface area contributed by atoms with Crippen LogP contribution in [0.4, 0.5) is 0 Å². The molecule has 3 unspecified atom stereocenters. The van der Waals surface area contributed by atoms with Gasteiger partial charge in [0.15, 0.2) is 0 Å². The van der Waals surface area contributed by atoms with E-state index in [9.17, 15) is 5.26 Å². The van der Waals surface area contributed by atoms with Gasteiger partial charge >= 0.3 is 0 Å². The summed E-state index contributed by atoms with van der Waals surface area (Å²) in [5.74, 6) is 2.31. The maximum Gasteiger partial charge on any atom is 0.119 e. The van der Waals surface area contributed by atoms with Gasteiger partial charge < -0.3 is 4.74 Å². The predicted molar refractivity (Wildman–Crippen MR) is 77.7 cm³/mol. The molecule has 2 fully saturated rings. The fourth-order valence-corrected chi connectivity index (χ4v) is 4.09. The molecule has 2 aliphatic rings. The van der Waals surface area contributed by atoms with Crippen LogP contribution in [0.5, 0.6) is 5.75 Å². The molecule has 0 amide bonds. The van der Waals surface area contributed by atoms with Crippen LogP contribution in [0.15, 0.2) is 28.7 Å². The number of rotatable bonds is 4. The summed E-state index contributed by atoms with van der Waals surface area (Å²) in [5, 5.41) is 9.56. The van der Waals surface area contributed by atoms with E-state index >= 15 is 0 Å². The van der Waals surface area contributed by atoms with E-state index in [1.165, 1.54) is 19.3 Å². The van der Waals surface area contributed by atoms with Crippen molar-refractivity contribution in [3.8, 4) is 11.8 Å². The molecule has 3 rings (SSSR count). The third-order valence-electron chi connectivity index (χ3n) is 4.83. The van der Waals surface area contributed by atoms with Crippen molar-refractivity contribution in [3.63, 3.8) is 0 Å². The van der Waals surface area contributed by atoms with Crippen LogP contribution in [0.2, 0.25) is 0 Å². The fourth-order valence-electron chi connectivity index (χ4n) is 3.82. The van der Waals surface area contributed by atoms with E-state index in [0.717, 1.165) is 29.0 Å². The lowest BCUT2D eigenvalue weighted by atomic mass is 9.72. The molecule has 0 spiro atoms. The highest BCUT2D eigenvalue weighted by Crippen LogP contribution is 2.57. The van der Waals surface area contributed by atoms with Gasteiger partial charge in [0, 0.05) is 10.9 Å². The lowest BCUT2D eigenvalue weighted by Crippen LogP contribution is -2.28. The predicted octanol–water partition coefficient (Wildman–Crippen LogP) is 4.55. The molecule has 1 aromatic rings. The Bertz CT molecular complexity index is 492. The smallest absolute Gasteiger partial charge is 0.119 e. The van der Waals surface area contributed by atoms with Crippen molar-refractivity contribution in [3.05, 3.63) is 28.7 Å². The van der Waals surface area contributed by atoms with Crippen molar-refractivity contribution in [2.24, 2.45) is 17.3 Å². The molecule has 2 bridgehead atoms. The molecule has 2 nitrogen and oxygen atoms in total. The number of hydrogen-bond donors (Lipinski definition) is 0. The lowest BCUT2D eigenvalue weighted by Gasteiger charge is -2.30. The number of ether oxygens (including phenoxy) is 1. The fraction of sp³-hybridized carbons (Fsp3) is 0.562. The minimum absolute atomic E-state index is 0.0989. The number of halogens is 1. The summed E-state index contributed by atoms with van der Waals surface area (Å²) in [6, 6.07) is 10.5. The van der Waals surface area contributed by atoms with Gasteiger partial charge in [0.1, 0.15) is 5.75 Å². The van der Waals surface area contributed by atoms with Gasteiger partial charge in [0.2, 0.25) is 0 Å². The molecular formula is C16H18BrNO. The normalized spacial score (nSPS) is 32.2. The minimum Gasteiger partial charge on any atom is -0.494 e. The lowest BCUT2D eigenvalue weighted by molar-refractivity contribution is 0.176. The number of hydrogen-bond acceptors (Lipinski definition) is 2. The van der Waals surface area contributed by atoms with Crippen LogP contribution < -0.4 is 4.74 Å². The van der Waals surface area contributed by atoms with Gasteiger partial charge in [-0.15, -0.1) is 0 Å². The Morgan fingerprint density at radius 1 is 1.32 bits per heavy atom. The maximum atomic E-state index is 9.56. The Hall–Kier alpha value is -1.01. The van der Waals surface area contributed by atoms with Crippen molar-refractivity contribution < 1.29 is 4.74 Å². The summed E-state index contributed by atoms with van der Waals surface area (Å²) >= 11 is 3.41. The highest BCUT2D eigenvalue weighted by atomic mass is 79.9. The van der Waals surface area contributed by atoms with Gasteiger partial charge in [-0.25, -0.2) is 0 Å². The summed E-state index contributed by atoms with van der Waals surface area (Å²) in [5.41, 5.74) is -0.0989. The van der Waals surface area contributed by atoms with E-state index in [1.54, 1.807) is 0 Å². The van der Waals surface area contributed by atoms with Crippen molar-refractivity contribution >= 4 is 15.9 Å². The van der Waals surface area contributed by atoms with E-state index in [0.29, 0.717) is 12.5 Å². The average molecular weight is 320 g/mol. The summed E-state index contributed by atoms with van der Waals surface area (Å²) in [4.78, 5) is 0. The Morgan fingerprint density at radius 3 is 2.68 bits per heavy atom. The second-order valence-corrected chi connectivity index (χ2v) is 6.82. The van der Waals surface area contributed by atoms with Crippen LogP contribution in [0, 0.1) is 28.6 Å². The Labute approximate surface area is 122 Å². The van der Waals surface area contributed by atoms with Gasteiger partial charge in [0.25, 0.3) is 0 Å². The highest BCUT2D eigenvalue weighted by molar-refractivity contribution is 9.10. The zero-order valence-electron chi connectivity index (χ0n) is 10.9. The first kappa shape index (κ1) is 13.0. The van der Waals surface area contributed by atoms with Crippen molar-refractivity contribution in [2.45, 2.75) is 32.1 Å². The third-order valence-corrected chi connectivity index (χ3v) is 5.36. The Kier molecular flexibility index (Phi) is 3.54. The van der Waals surface area contributed by atoms with Gasteiger partial charge in [-0.3, -0.25) is 0 Å². The molecule has 2 saturated carbocycles. The van der Waals surface area contributed by atoms with Gasteiger partial charge in [-0.1, -0.05) is 22.4 Å². The van der Waals surface area contributed by atoms with Crippen LogP contribution in [0.3, 0.4) is 0 Å². The highest BCUT2D eigenvalue weighted by Gasteiger charge is 2.51. The molecule has 0 saturated heterocycles. The van der Waals surface area contributed by atoms with Crippen LogP contribution in [-0.4, -0.2) is 6.61 Å². The number of nitriles is 1. The van der Waals surface area contributed by atoms with E-state index in [2.05, 4.69) is 22.0 Å². The summed E-state index contributed by atoms with van der Waals surface area (Å²) in [6.45, 7) is 0.651. The second-order valence-electron chi connectivity index (χ2n) is 5.90. The van der Waals surface area contributed by atoms with Crippen LogP contribution in [0.25, 0.3) is 0 Å². The van der Waals surface area contributed by atoms with E-state index < -0.39 is 0 Å².